The lowest BCUT2D eigenvalue weighted by Crippen LogP contribution is -2.42. The third kappa shape index (κ3) is 5.50. The van der Waals surface area contributed by atoms with Crippen LogP contribution >= 0.6 is 11.8 Å². The predicted molar refractivity (Wildman–Crippen MR) is 118 cm³/mol. The van der Waals surface area contributed by atoms with Crippen LogP contribution in [0.2, 0.25) is 0 Å². The maximum atomic E-state index is 12.6. The smallest absolute Gasteiger partial charge is 0.294 e. The second-order valence-corrected chi connectivity index (χ2v) is 8.42. The number of amides is 3. The third-order valence-electron chi connectivity index (χ3n) is 5.07. The lowest BCUT2D eigenvalue weighted by Gasteiger charge is -2.22. The van der Waals surface area contributed by atoms with Crippen molar-refractivity contribution < 1.29 is 14.4 Å². The molecule has 7 heteroatoms. The van der Waals surface area contributed by atoms with Crippen molar-refractivity contribution in [1.82, 2.24) is 9.80 Å². The molecule has 2 fully saturated rings. The van der Waals surface area contributed by atoms with Crippen LogP contribution < -0.4 is 4.90 Å². The molecule has 0 atom stereocenters. The quantitative estimate of drug-likeness (QED) is 0.688. The maximum Gasteiger partial charge on any atom is 0.294 e. The number of imide groups is 1. The van der Waals surface area contributed by atoms with E-state index >= 15 is 0 Å². The van der Waals surface area contributed by atoms with E-state index in [1.54, 1.807) is 17.1 Å². The minimum atomic E-state index is -0.393. The summed E-state index contributed by atoms with van der Waals surface area (Å²) in [7, 11) is 3.97. The zero-order valence-corrected chi connectivity index (χ0v) is 17.8. The number of carbonyl (C=O) groups excluding carboxylic acids is 3. The van der Waals surface area contributed by atoms with Gasteiger partial charge in [-0.25, -0.2) is 0 Å². The number of hydrogen-bond donors (Lipinski definition) is 0. The van der Waals surface area contributed by atoms with Crippen molar-refractivity contribution in [3.63, 3.8) is 0 Å². The Hall–Kier alpha value is -2.54. The molecular formula is C22H27N3O3S. The van der Waals surface area contributed by atoms with Gasteiger partial charge in [-0.15, -0.1) is 0 Å². The zero-order chi connectivity index (χ0) is 20.8. The van der Waals surface area contributed by atoms with Crippen LogP contribution in [0.5, 0.6) is 0 Å². The Labute approximate surface area is 176 Å². The number of anilines is 1. The molecule has 0 N–H and O–H groups in total. The van der Waals surface area contributed by atoms with Crippen LogP contribution in [0.15, 0.2) is 41.3 Å². The van der Waals surface area contributed by atoms with Crippen molar-refractivity contribution in [1.29, 1.82) is 0 Å². The van der Waals surface area contributed by atoms with Gasteiger partial charge in [0.2, 0.25) is 5.91 Å². The van der Waals surface area contributed by atoms with Gasteiger partial charge >= 0.3 is 0 Å². The average molecular weight is 414 g/mol. The van der Waals surface area contributed by atoms with Crippen LogP contribution in [0.1, 0.15) is 31.2 Å². The van der Waals surface area contributed by atoms with Crippen molar-refractivity contribution in [3.8, 4) is 0 Å². The first kappa shape index (κ1) is 21.2. The summed E-state index contributed by atoms with van der Waals surface area (Å²) in [5.41, 5.74) is 2.11. The van der Waals surface area contributed by atoms with Gasteiger partial charge in [0, 0.05) is 32.9 Å². The van der Waals surface area contributed by atoms with Crippen LogP contribution in [0.4, 0.5) is 10.5 Å². The van der Waals surface area contributed by atoms with Crippen LogP contribution in [0, 0.1) is 0 Å². The fourth-order valence-corrected chi connectivity index (χ4v) is 4.13. The molecule has 6 nitrogen and oxygen atoms in total. The van der Waals surface area contributed by atoms with Gasteiger partial charge in [-0.1, -0.05) is 37.1 Å². The van der Waals surface area contributed by atoms with E-state index in [0.717, 1.165) is 53.6 Å². The number of hydrogen-bond acceptors (Lipinski definition) is 5. The lowest BCUT2D eigenvalue weighted by molar-refractivity contribution is -0.135. The van der Waals surface area contributed by atoms with E-state index in [1.807, 2.05) is 49.3 Å². The number of nitrogens with zero attached hydrogens (tertiary/aromatic N) is 3. The highest BCUT2D eigenvalue weighted by molar-refractivity contribution is 8.18. The van der Waals surface area contributed by atoms with Gasteiger partial charge in [0.1, 0.15) is 6.54 Å². The third-order valence-corrected chi connectivity index (χ3v) is 6.00. The van der Waals surface area contributed by atoms with Crippen molar-refractivity contribution in [2.75, 3.05) is 38.6 Å². The van der Waals surface area contributed by atoms with Crippen molar-refractivity contribution >= 4 is 40.6 Å². The highest BCUT2D eigenvalue weighted by atomic mass is 32.2. The number of benzene rings is 1. The summed E-state index contributed by atoms with van der Waals surface area (Å²) >= 11 is 0.886. The Morgan fingerprint density at radius 1 is 1.07 bits per heavy atom. The fourth-order valence-electron chi connectivity index (χ4n) is 3.34. The van der Waals surface area contributed by atoms with Crippen LogP contribution in [0.25, 0.3) is 6.08 Å². The Morgan fingerprint density at radius 3 is 2.34 bits per heavy atom. The molecule has 2 aliphatic rings. The van der Waals surface area contributed by atoms with Gasteiger partial charge in [-0.3, -0.25) is 19.3 Å². The number of thioether (sulfide) groups is 1. The number of allylic oxidation sites excluding steroid dienone is 2. The van der Waals surface area contributed by atoms with Crippen molar-refractivity contribution in [2.24, 2.45) is 0 Å². The molecule has 2 saturated heterocycles. The summed E-state index contributed by atoms with van der Waals surface area (Å²) in [5, 5.41) is -0.381. The second kappa shape index (κ2) is 9.78. The van der Waals surface area contributed by atoms with E-state index in [1.165, 1.54) is 0 Å². The molecule has 0 unspecified atom stereocenters. The summed E-state index contributed by atoms with van der Waals surface area (Å²) in [4.78, 5) is 42.5. The van der Waals surface area contributed by atoms with Crippen LogP contribution in [-0.4, -0.2) is 60.6 Å². The summed E-state index contributed by atoms with van der Waals surface area (Å²) in [6.45, 7) is 1.25. The molecule has 0 aromatic heterocycles. The summed E-state index contributed by atoms with van der Waals surface area (Å²) in [5.74, 6) is -0.539. The van der Waals surface area contributed by atoms with E-state index < -0.39 is 5.91 Å². The largest absolute Gasteiger partial charge is 0.378 e. The van der Waals surface area contributed by atoms with Crippen LogP contribution in [0.3, 0.4) is 0 Å². The minimum Gasteiger partial charge on any atom is -0.378 e. The Bertz CT molecular complexity index is 822. The van der Waals surface area contributed by atoms with Crippen LogP contribution in [-0.2, 0) is 9.59 Å². The minimum absolute atomic E-state index is 0.146. The van der Waals surface area contributed by atoms with E-state index in [-0.39, 0.29) is 17.7 Å². The Morgan fingerprint density at radius 2 is 1.72 bits per heavy atom. The van der Waals surface area contributed by atoms with Gasteiger partial charge in [0.05, 0.1) is 4.91 Å². The Kier molecular flexibility index (Phi) is 7.14. The van der Waals surface area contributed by atoms with E-state index in [2.05, 4.69) is 0 Å². The monoisotopic (exact) mass is 413 g/mol. The Balaban J connectivity index is 1.60. The average Bonchev–Trinajstić information content (AvgIpc) is 2.90. The normalized spacial score (nSPS) is 19.3. The highest BCUT2D eigenvalue weighted by Crippen LogP contribution is 2.30. The molecule has 0 spiro atoms. The zero-order valence-electron chi connectivity index (χ0n) is 17.0. The molecule has 3 rings (SSSR count). The van der Waals surface area contributed by atoms with Gasteiger partial charge in [0.15, 0.2) is 0 Å². The van der Waals surface area contributed by atoms with E-state index in [4.69, 9.17) is 0 Å². The van der Waals surface area contributed by atoms with Gasteiger partial charge < -0.3 is 9.80 Å². The molecule has 0 saturated carbocycles. The topological polar surface area (TPSA) is 60.9 Å². The van der Waals surface area contributed by atoms with E-state index in [0.29, 0.717) is 18.0 Å². The maximum absolute atomic E-state index is 12.6. The predicted octanol–water partition coefficient (Wildman–Crippen LogP) is 3.75. The van der Waals surface area contributed by atoms with Crippen molar-refractivity contribution in [3.05, 3.63) is 46.9 Å². The molecule has 29 heavy (non-hydrogen) atoms. The molecule has 0 radical (unpaired) electrons. The van der Waals surface area contributed by atoms with Gasteiger partial charge in [-0.2, -0.15) is 0 Å². The number of rotatable bonds is 5. The second-order valence-electron chi connectivity index (χ2n) is 7.43. The SMILES string of the molecule is CN(C)c1ccc(C=CC=C2SC(=O)N(CC(=O)N3CCCCCC3)C2=O)cc1. The molecule has 1 aromatic rings. The molecule has 0 aliphatic carbocycles. The highest BCUT2D eigenvalue weighted by Gasteiger charge is 2.36. The van der Waals surface area contributed by atoms with E-state index in [9.17, 15) is 14.4 Å². The number of likely N-dealkylation sites (tertiary alicyclic amines) is 1. The lowest BCUT2D eigenvalue weighted by atomic mass is 10.2. The molecule has 0 bridgehead atoms. The first-order valence-electron chi connectivity index (χ1n) is 9.93. The molecule has 3 amide bonds. The molecule has 154 valence electrons. The first-order chi connectivity index (χ1) is 14.0. The van der Waals surface area contributed by atoms with Gasteiger partial charge in [-0.05, 0) is 48.4 Å². The molecule has 2 aliphatic heterocycles. The molecule has 2 heterocycles. The summed E-state index contributed by atoms with van der Waals surface area (Å²) in [6, 6.07) is 8.01. The fraction of sp³-hybridized carbons (Fsp3) is 0.409. The summed E-state index contributed by atoms with van der Waals surface area (Å²) < 4.78 is 0. The summed E-state index contributed by atoms with van der Waals surface area (Å²) in [6.07, 6.45) is 9.49. The van der Waals surface area contributed by atoms with Crippen molar-refractivity contribution in [2.45, 2.75) is 25.7 Å². The standard InChI is InChI=1S/C22H27N3O3S/c1-23(2)18-12-10-17(11-13-18)8-7-9-19-21(27)25(22(28)29-19)16-20(26)24-14-5-3-4-6-15-24/h7-13H,3-6,14-16H2,1-2H3. The van der Waals surface area contributed by atoms with Gasteiger partial charge in [0.25, 0.3) is 11.1 Å². The first-order valence-corrected chi connectivity index (χ1v) is 10.7. The number of carbonyl (C=O) groups is 3. The molecular weight excluding hydrogens is 386 g/mol. The molecule has 1 aromatic carbocycles.